The maximum absolute atomic E-state index is 10.3. The molecular weight excluding hydrogens is 258 g/mol. The highest BCUT2D eigenvalue weighted by Gasteiger charge is 2.23. The normalized spacial score (nSPS) is 14.3. The van der Waals surface area contributed by atoms with E-state index in [1.54, 1.807) is 24.5 Å². The Labute approximate surface area is 108 Å². The zero-order valence-corrected chi connectivity index (χ0v) is 10.8. The Morgan fingerprint density at radius 1 is 1.53 bits per heavy atom. The van der Waals surface area contributed by atoms with E-state index in [2.05, 4.69) is 15.3 Å². The summed E-state index contributed by atoms with van der Waals surface area (Å²) in [6.45, 7) is 2.10. The quantitative estimate of drug-likeness (QED) is 0.895. The van der Waals surface area contributed by atoms with E-state index in [0.717, 1.165) is 5.56 Å². The van der Waals surface area contributed by atoms with Crippen LogP contribution in [0.4, 0.5) is 5.82 Å². The van der Waals surface area contributed by atoms with Gasteiger partial charge in [-0.05, 0) is 29.3 Å². The lowest BCUT2D eigenvalue weighted by atomic mass is 9.99. The highest BCUT2D eigenvalue weighted by Crippen LogP contribution is 2.23. The predicted octanol–water partition coefficient (Wildman–Crippen LogP) is 2.51. The second kappa shape index (κ2) is 5.00. The van der Waals surface area contributed by atoms with E-state index in [-0.39, 0.29) is 0 Å². The number of halogens is 1. The first-order valence-corrected chi connectivity index (χ1v) is 6.36. The lowest BCUT2D eigenvalue weighted by Gasteiger charge is -2.22. The number of nitrogens with zero attached hydrogens (tertiary/aromatic N) is 2. The number of thiophene rings is 1. The van der Waals surface area contributed by atoms with Crippen LogP contribution >= 0.6 is 22.9 Å². The molecule has 6 heteroatoms. The molecular formula is C11H12ClN3OS. The monoisotopic (exact) mass is 269 g/mol. The molecule has 0 amide bonds. The molecule has 2 heterocycles. The highest BCUT2D eigenvalue weighted by molar-refractivity contribution is 7.08. The Morgan fingerprint density at radius 2 is 2.35 bits per heavy atom. The SMILES string of the molecule is C[C@](O)(CNc1cncc(Cl)n1)c1ccsc1. The van der Waals surface area contributed by atoms with Gasteiger partial charge in [0.25, 0.3) is 0 Å². The fourth-order valence-electron chi connectivity index (χ4n) is 1.36. The first kappa shape index (κ1) is 12.3. The van der Waals surface area contributed by atoms with Crippen molar-refractivity contribution in [3.8, 4) is 0 Å². The van der Waals surface area contributed by atoms with Crippen LogP contribution in [0.2, 0.25) is 5.15 Å². The maximum atomic E-state index is 10.3. The van der Waals surface area contributed by atoms with Crippen molar-refractivity contribution >= 4 is 28.8 Å². The number of rotatable bonds is 4. The molecule has 2 aromatic rings. The van der Waals surface area contributed by atoms with Crippen molar-refractivity contribution in [1.29, 1.82) is 0 Å². The van der Waals surface area contributed by atoms with Gasteiger partial charge in [-0.2, -0.15) is 11.3 Å². The largest absolute Gasteiger partial charge is 0.384 e. The van der Waals surface area contributed by atoms with Crippen LogP contribution < -0.4 is 5.32 Å². The van der Waals surface area contributed by atoms with Crippen molar-refractivity contribution in [1.82, 2.24) is 9.97 Å². The molecule has 1 atom stereocenters. The summed E-state index contributed by atoms with van der Waals surface area (Å²) in [5.41, 5.74) is -0.0609. The summed E-state index contributed by atoms with van der Waals surface area (Å²) in [6, 6.07) is 1.90. The molecule has 17 heavy (non-hydrogen) atoms. The fraction of sp³-hybridized carbons (Fsp3) is 0.273. The van der Waals surface area contributed by atoms with Crippen LogP contribution in [-0.4, -0.2) is 21.6 Å². The third kappa shape index (κ3) is 3.15. The lowest BCUT2D eigenvalue weighted by Crippen LogP contribution is -2.30. The van der Waals surface area contributed by atoms with Gasteiger partial charge in [-0.1, -0.05) is 11.6 Å². The summed E-state index contributed by atoms with van der Waals surface area (Å²) >= 11 is 7.27. The van der Waals surface area contributed by atoms with Crippen LogP contribution in [0.3, 0.4) is 0 Å². The number of aromatic nitrogens is 2. The molecule has 0 saturated heterocycles. The van der Waals surface area contributed by atoms with Crippen LogP contribution in [0.1, 0.15) is 12.5 Å². The summed E-state index contributed by atoms with van der Waals surface area (Å²) in [6.07, 6.45) is 3.03. The molecule has 2 aromatic heterocycles. The van der Waals surface area contributed by atoms with Gasteiger partial charge in [-0.3, -0.25) is 4.98 Å². The molecule has 2 N–H and O–H groups in total. The van der Waals surface area contributed by atoms with E-state index in [1.165, 1.54) is 6.20 Å². The fourth-order valence-corrected chi connectivity index (χ4v) is 2.29. The lowest BCUT2D eigenvalue weighted by molar-refractivity contribution is 0.0719. The smallest absolute Gasteiger partial charge is 0.149 e. The standard InChI is InChI=1S/C11H12ClN3OS/c1-11(16,8-2-3-17-6-8)7-14-10-5-13-4-9(12)15-10/h2-6,16H,7H2,1H3,(H,14,15)/t11-/m0/s1. The average Bonchev–Trinajstić information content (AvgIpc) is 2.81. The van der Waals surface area contributed by atoms with Crippen molar-refractivity contribution in [2.24, 2.45) is 0 Å². The summed E-state index contributed by atoms with van der Waals surface area (Å²) in [5.74, 6) is 0.549. The molecule has 90 valence electrons. The molecule has 2 rings (SSSR count). The van der Waals surface area contributed by atoms with Gasteiger partial charge >= 0.3 is 0 Å². The molecule has 0 aliphatic carbocycles. The van der Waals surface area contributed by atoms with Gasteiger partial charge in [-0.25, -0.2) is 4.98 Å². The van der Waals surface area contributed by atoms with Gasteiger partial charge < -0.3 is 10.4 Å². The molecule has 0 aliphatic rings. The Hall–Kier alpha value is -1.17. The number of nitrogens with one attached hydrogen (secondary N) is 1. The van der Waals surface area contributed by atoms with Crippen molar-refractivity contribution in [3.63, 3.8) is 0 Å². The molecule has 0 radical (unpaired) electrons. The zero-order chi connectivity index (χ0) is 12.3. The highest BCUT2D eigenvalue weighted by atomic mass is 35.5. The first-order chi connectivity index (χ1) is 8.08. The minimum atomic E-state index is -0.940. The van der Waals surface area contributed by atoms with E-state index in [4.69, 9.17) is 11.6 Å². The van der Waals surface area contributed by atoms with E-state index in [9.17, 15) is 5.11 Å². The van der Waals surface area contributed by atoms with Crippen LogP contribution in [0.25, 0.3) is 0 Å². The molecule has 0 fully saturated rings. The van der Waals surface area contributed by atoms with Crippen molar-refractivity contribution in [3.05, 3.63) is 39.9 Å². The molecule has 0 unspecified atom stereocenters. The molecule has 4 nitrogen and oxygen atoms in total. The van der Waals surface area contributed by atoms with E-state index >= 15 is 0 Å². The first-order valence-electron chi connectivity index (χ1n) is 5.04. The third-order valence-electron chi connectivity index (χ3n) is 2.36. The number of aliphatic hydroxyl groups is 1. The Morgan fingerprint density at radius 3 is 3.00 bits per heavy atom. The Balaban J connectivity index is 2.03. The molecule has 0 saturated carbocycles. The Bertz CT molecular complexity index is 487. The average molecular weight is 270 g/mol. The molecule has 0 spiro atoms. The minimum Gasteiger partial charge on any atom is -0.384 e. The van der Waals surface area contributed by atoms with Crippen molar-refractivity contribution in [2.45, 2.75) is 12.5 Å². The van der Waals surface area contributed by atoms with E-state index in [0.29, 0.717) is 17.5 Å². The topological polar surface area (TPSA) is 58.0 Å². The molecule has 0 aliphatic heterocycles. The van der Waals surface area contributed by atoms with Gasteiger partial charge in [-0.15, -0.1) is 0 Å². The number of anilines is 1. The Kier molecular flexibility index (Phi) is 3.61. The predicted molar refractivity (Wildman–Crippen MR) is 69.4 cm³/mol. The van der Waals surface area contributed by atoms with Crippen LogP contribution in [0.5, 0.6) is 0 Å². The minimum absolute atomic E-state index is 0.324. The summed E-state index contributed by atoms with van der Waals surface area (Å²) in [7, 11) is 0. The van der Waals surface area contributed by atoms with Crippen LogP contribution in [-0.2, 0) is 5.60 Å². The third-order valence-corrected chi connectivity index (χ3v) is 3.23. The summed E-state index contributed by atoms with van der Waals surface area (Å²) in [5, 5.41) is 17.5. The van der Waals surface area contributed by atoms with Gasteiger partial charge in [0.1, 0.15) is 16.6 Å². The van der Waals surface area contributed by atoms with Gasteiger partial charge in [0, 0.05) is 6.54 Å². The van der Waals surface area contributed by atoms with Crippen LogP contribution in [0, 0.1) is 0 Å². The van der Waals surface area contributed by atoms with Crippen molar-refractivity contribution in [2.75, 3.05) is 11.9 Å². The number of hydrogen-bond donors (Lipinski definition) is 2. The van der Waals surface area contributed by atoms with Gasteiger partial charge in [0.2, 0.25) is 0 Å². The van der Waals surface area contributed by atoms with E-state index < -0.39 is 5.60 Å². The molecule has 0 aromatic carbocycles. The zero-order valence-electron chi connectivity index (χ0n) is 9.22. The van der Waals surface area contributed by atoms with Gasteiger partial charge in [0.05, 0.1) is 12.4 Å². The molecule has 0 bridgehead atoms. The second-order valence-corrected chi connectivity index (χ2v) is 5.03. The van der Waals surface area contributed by atoms with Crippen molar-refractivity contribution < 1.29 is 5.11 Å². The second-order valence-electron chi connectivity index (χ2n) is 3.87. The van der Waals surface area contributed by atoms with Crippen LogP contribution in [0.15, 0.2) is 29.2 Å². The summed E-state index contributed by atoms with van der Waals surface area (Å²) < 4.78 is 0. The number of hydrogen-bond acceptors (Lipinski definition) is 5. The van der Waals surface area contributed by atoms with E-state index in [1.807, 2.05) is 16.8 Å². The van der Waals surface area contributed by atoms with Gasteiger partial charge in [0.15, 0.2) is 0 Å². The summed E-state index contributed by atoms with van der Waals surface area (Å²) in [4.78, 5) is 7.95. The maximum Gasteiger partial charge on any atom is 0.149 e.